The third-order valence-corrected chi connectivity index (χ3v) is 2.87. The number of phenols is 1. The van der Waals surface area contributed by atoms with Gasteiger partial charge in [-0.1, -0.05) is 6.07 Å². The minimum Gasteiger partial charge on any atom is -0.506 e. The first-order valence-corrected chi connectivity index (χ1v) is 6.62. The molecule has 116 valence electrons. The number of phenolic OH excluding ortho intramolecular Hbond substituents is 1. The lowest BCUT2D eigenvalue weighted by Gasteiger charge is -2.28. The molecule has 0 bridgehead atoms. The van der Waals surface area contributed by atoms with Gasteiger partial charge in [0.25, 0.3) is 0 Å². The van der Waals surface area contributed by atoms with E-state index in [1.165, 1.54) is 18.0 Å². The highest BCUT2D eigenvalue weighted by Gasteiger charge is 2.25. The van der Waals surface area contributed by atoms with Gasteiger partial charge in [-0.15, -0.1) is 0 Å². The van der Waals surface area contributed by atoms with E-state index in [1.54, 1.807) is 32.9 Å². The van der Waals surface area contributed by atoms with E-state index in [1.807, 2.05) is 0 Å². The van der Waals surface area contributed by atoms with Crippen molar-refractivity contribution in [2.45, 2.75) is 38.8 Å². The minimum absolute atomic E-state index is 0.0121. The van der Waals surface area contributed by atoms with Crippen LogP contribution in [-0.2, 0) is 16.0 Å². The van der Waals surface area contributed by atoms with Gasteiger partial charge in [-0.05, 0) is 44.9 Å². The van der Waals surface area contributed by atoms with Crippen LogP contribution in [0.4, 0.5) is 10.5 Å². The number of aromatic hydroxyl groups is 1. The molecule has 0 saturated carbocycles. The lowest BCUT2D eigenvalue weighted by atomic mass is 10.1. The first kappa shape index (κ1) is 16.8. The van der Waals surface area contributed by atoms with Crippen molar-refractivity contribution < 1.29 is 19.4 Å². The Bertz CT molecular complexity index is 523. The number of aldehydes is 1. The fourth-order valence-corrected chi connectivity index (χ4v) is 1.72. The van der Waals surface area contributed by atoms with E-state index < -0.39 is 17.7 Å². The Morgan fingerprint density at radius 1 is 1.48 bits per heavy atom. The maximum Gasteiger partial charge on any atom is 0.410 e. The van der Waals surface area contributed by atoms with Crippen LogP contribution in [0, 0.1) is 0 Å². The fourth-order valence-electron chi connectivity index (χ4n) is 1.72. The number of hydrogen-bond donors (Lipinski definition) is 2. The van der Waals surface area contributed by atoms with Gasteiger partial charge in [0.05, 0.1) is 11.7 Å². The molecule has 1 amide bonds. The highest BCUT2D eigenvalue weighted by molar-refractivity contribution is 5.73. The molecule has 0 aromatic heterocycles. The molecular formula is C15H22N2O4. The molecule has 0 aliphatic heterocycles. The number of rotatable bonds is 4. The topological polar surface area (TPSA) is 92.9 Å². The zero-order valence-electron chi connectivity index (χ0n) is 12.8. The number of nitrogens with two attached hydrogens (primary N) is 1. The number of nitrogens with zero attached hydrogens (tertiary/aromatic N) is 1. The Kier molecular flexibility index (Phi) is 5.18. The average molecular weight is 294 g/mol. The Labute approximate surface area is 124 Å². The van der Waals surface area contributed by atoms with Crippen LogP contribution >= 0.6 is 0 Å². The Balaban J connectivity index is 2.80. The van der Waals surface area contributed by atoms with E-state index in [9.17, 15) is 14.7 Å². The number of amides is 1. The maximum absolute atomic E-state index is 12.0. The second-order valence-electron chi connectivity index (χ2n) is 5.89. The third kappa shape index (κ3) is 4.98. The highest BCUT2D eigenvalue weighted by Crippen LogP contribution is 2.22. The standard InChI is InChI=1S/C15H22N2O4/c1-15(2,3)21-14(20)17(4)11(9-18)7-10-5-6-13(19)12(16)8-10/h5-6,8-9,11,19H,7,16H2,1-4H3/t11-/m0/s1. The number of anilines is 1. The quantitative estimate of drug-likeness (QED) is 0.503. The number of carbonyl (C=O) groups excluding carboxylic acids is 2. The van der Waals surface area contributed by atoms with Crippen LogP contribution in [-0.4, -0.2) is 41.1 Å². The van der Waals surface area contributed by atoms with Crippen molar-refractivity contribution >= 4 is 18.1 Å². The molecule has 1 aromatic carbocycles. The summed E-state index contributed by atoms with van der Waals surface area (Å²) >= 11 is 0. The molecule has 0 aliphatic rings. The van der Waals surface area contributed by atoms with E-state index in [4.69, 9.17) is 10.5 Å². The van der Waals surface area contributed by atoms with Gasteiger partial charge in [-0.2, -0.15) is 0 Å². The van der Waals surface area contributed by atoms with Gasteiger partial charge in [-0.25, -0.2) is 4.79 Å². The van der Waals surface area contributed by atoms with Gasteiger partial charge in [0, 0.05) is 7.05 Å². The summed E-state index contributed by atoms with van der Waals surface area (Å²) in [6, 6.07) is 4.03. The SMILES string of the molecule is CN(C(=O)OC(C)(C)C)[C@H](C=O)Cc1ccc(O)c(N)c1. The van der Waals surface area contributed by atoms with E-state index >= 15 is 0 Å². The zero-order valence-corrected chi connectivity index (χ0v) is 12.8. The molecule has 0 heterocycles. The van der Waals surface area contributed by atoms with Crippen molar-refractivity contribution in [3.63, 3.8) is 0 Å². The molecule has 1 aromatic rings. The average Bonchev–Trinajstić information content (AvgIpc) is 2.37. The number of likely N-dealkylation sites (N-methyl/N-ethyl adjacent to an activating group) is 1. The van der Waals surface area contributed by atoms with Gasteiger partial charge in [0.1, 0.15) is 17.6 Å². The molecule has 0 radical (unpaired) electrons. The summed E-state index contributed by atoms with van der Waals surface area (Å²) < 4.78 is 5.23. The largest absolute Gasteiger partial charge is 0.506 e. The lowest BCUT2D eigenvalue weighted by molar-refractivity contribution is -0.112. The van der Waals surface area contributed by atoms with Crippen molar-refractivity contribution in [3.05, 3.63) is 23.8 Å². The van der Waals surface area contributed by atoms with Crippen molar-refractivity contribution in [1.29, 1.82) is 0 Å². The number of benzene rings is 1. The molecule has 1 atom stereocenters. The number of ether oxygens (including phenoxy) is 1. The summed E-state index contributed by atoms with van der Waals surface area (Å²) in [6.07, 6.45) is 0.419. The third-order valence-electron chi connectivity index (χ3n) is 2.87. The van der Waals surface area contributed by atoms with Gasteiger partial charge in [0.15, 0.2) is 0 Å². The van der Waals surface area contributed by atoms with Gasteiger partial charge in [0.2, 0.25) is 0 Å². The van der Waals surface area contributed by atoms with Gasteiger partial charge >= 0.3 is 6.09 Å². The Morgan fingerprint density at radius 3 is 2.57 bits per heavy atom. The van der Waals surface area contributed by atoms with E-state index in [0.717, 1.165) is 5.56 Å². The van der Waals surface area contributed by atoms with Gasteiger partial charge < -0.3 is 25.3 Å². The zero-order chi connectivity index (χ0) is 16.2. The van der Waals surface area contributed by atoms with Gasteiger partial charge in [-0.3, -0.25) is 0 Å². The maximum atomic E-state index is 12.0. The molecule has 0 fully saturated rings. The summed E-state index contributed by atoms with van der Waals surface area (Å²) in [6.45, 7) is 5.28. The molecule has 21 heavy (non-hydrogen) atoms. The number of nitrogen functional groups attached to an aromatic ring is 1. The summed E-state index contributed by atoms with van der Waals surface area (Å²) in [5, 5.41) is 9.38. The van der Waals surface area contributed by atoms with Crippen molar-refractivity contribution in [2.75, 3.05) is 12.8 Å². The van der Waals surface area contributed by atoms with Crippen molar-refractivity contribution in [2.24, 2.45) is 0 Å². The molecule has 6 nitrogen and oxygen atoms in total. The molecule has 0 saturated heterocycles. The Morgan fingerprint density at radius 2 is 2.10 bits per heavy atom. The van der Waals surface area contributed by atoms with Crippen molar-refractivity contribution in [1.82, 2.24) is 4.90 Å². The summed E-state index contributed by atoms with van der Waals surface area (Å²) in [7, 11) is 1.51. The molecule has 3 N–H and O–H groups in total. The Hall–Kier alpha value is -2.24. The van der Waals surface area contributed by atoms with E-state index in [-0.39, 0.29) is 11.4 Å². The smallest absolute Gasteiger partial charge is 0.410 e. The fraction of sp³-hybridized carbons (Fsp3) is 0.467. The first-order valence-electron chi connectivity index (χ1n) is 6.62. The second kappa shape index (κ2) is 6.47. The monoisotopic (exact) mass is 294 g/mol. The normalized spacial score (nSPS) is 12.6. The number of carbonyl (C=O) groups is 2. The molecule has 1 rings (SSSR count). The predicted molar refractivity (Wildman–Crippen MR) is 80.1 cm³/mol. The molecule has 6 heteroatoms. The molecule has 0 unspecified atom stereocenters. The van der Waals surface area contributed by atoms with Crippen LogP contribution in [0.15, 0.2) is 18.2 Å². The van der Waals surface area contributed by atoms with Crippen LogP contribution in [0.1, 0.15) is 26.3 Å². The predicted octanol–water partition coefficient (Wildman–Crippen LogP) is 1.95. The number of hydrogen-bond acceptors (Lipinski definition) is 5. The minimum atomic E-state index is -0.663. The van der Waals surface area contributed by atoms with Crippen molar-refractivity contribution in [3.8, 4) is 5.75 Å². The van der Waals surface area contributed by atoms with Crippen LogP contribution in [0.5, 0.6) is 5.75 Å². The molecule has 0 spiro atoms. The van der Waals surface area contributed by atoms with Crippen LogP contribution in [0.25, 0.3) is 0 Å². The van der Waals surface area contributed by atoms with Crippen LogP contribution in [0.3, 0.4) is 0 Å². The summed E-state index contributed by atoms with van der Waals surface area (Å²) in [4.78, 5) is 24.4. The van der Waals surface area contributed by atoms with E-state index in [2.05, 4.69) is 0 Å². The van der Waals surface area contributed by atoms with Crippen LogP contribution < -0.4 is 5.73 Å². The van der Waals surface area contributed by atoms with Crippen LogP contribution in [0.2, 0.25) is 0 Å². The molecular weight excluding hydrogens is 272 g/mol. The molecule has 0 aliphatic carbocycles. The van der Waals surface area contributed by atoms with E-state index in [0.29, 0.717) is 12.7 Å². The summed E-state index contributed by atoms with van der Waals surface area (Å²) in [5.74, 6) is -0.0121. The lowest BCUT2D eigenvalue weighted by Crippen LogP contribution is -2.42. The first-order chi connectivity index (χ1) is 9.64. The highest BCUT2D eigenvalue weighted by atomic mass is 16.6. The summed E-state index contributed by atoms with van der Waals surface area (Å²) in [5.41, 5.74) is 5.97. The second-order valence-corrected chi connectivity index (χ2v) is 5.89.